The molecule has 0 spiro atoms. The zero-order valence-electron chi connectivity index (χ0n) is 20.9. The zero-order valence-corrected chi connectivity index (χ0v) is 21.8. The number of thioether (sulfide) groups is 1. The van der Waals surface area contributed by atoms with Crippen LogP contribution in [-0.4, -0.2) is 54.2 Å². The van der Waals surface area contributed by atoms with Gasteiger partial charge in [0.2, 0.25) is 5.91 Å². The summed E-state index contributed by atoms with van der Waals surface area (Å²) in [6, 6.07) is 19.7. The number of rotatable bonds is 9. The molecule has 2 aromatic rings. The van der Waals surface area contributed by atoms with Crippen molar-refractivity contribution in [1.82, 2.24) is 4.90 Å². The maximum atomic E-state index is 12.5. The van der Waals surface area contributed by atoms with E-state index in [1.54, 1.807) is 24.3 Å². The molecule has 192 valence electrons. The van der Waals surface area contributed by atoms with Gasteiger partial charge in [-0.15, -0.1) is 18.2 Å². The Labute approximate surface area is 225 Å². The first-order valence-electron chi connectivity index (χ1n) is 11.6. The Morgan fingerprint density at radius 1 is 1.03 bits per heavy atom. The molecule has 0 aromatic heterocycles. The van der Waals surface area contributed by atoms with Crippen molar-refractivity contribution in [2.45, 2.75) is 11.3 Å². The van der Waals surface area contributed by atoms with Crippen LogP contribution in [0.5, 0.6) is 0 Å². The molecule has 0 saturated heterocycles. The summed E-state index contributed by atoms with van der Waals surface area (Å²) >= 11 is 1.50. The van der Waals surface area contributed by atoms with E-state index < -0.39 is 24.2 Å². The molecule has 8 nitrogen and oxygen atoms in total. The summed E-state index contributed by atoms with van der Waals surface area (Å²) in [7, 11) is 3.89. The van der Waals surface area contributed by atoms with E-state index in [9.17, 15) is 19.5 Å². The smallest absolute Gasteiger partial charge is 0.409 e. The number of amides is 2. The number of ketones is 1. The van der Waals surface area contributed by atoms with Gasteiger partial charge in [-0.1, -0.05) is 42.3 Å². The van der Waals surface area contributed by atoms with Crippen molar-refractivity contribution in [2.75, 3.05) is 37.0 Å². The lowest BCUT2D eigenvalue weighted by Crippen LogP contribution is -2.19. The second-order valence-electron chi connectivity index (χ2n) is 8.54. The normalized spacial score (nSPS) is 10.3. The predicted octanol–water partition coefficient (Wildman–Crippen LogP) is 5.16. The van der Waals surface area contributed by atoms with E-state index in [2.05, 4.69) is 40.8 Å². The van der Waals surface area contributed by atoms with Crippen molar-refractivity contribution in [1.29, 1.82) is 5.26 Å². The monoisotopic (exact) mass is 526 g/mol. The Morgan fingerprint density at radius 2 is 1.71 bits per heavy atom. The minimum Gasteiger partial charge on any atom is -0.465 e. The number of terminal acetylenes is 1. The maximum absolute atomic E-state index is 12.5. The van der Waals surface area contributed by atoms with Crippen LogP contribution >= 0.6 is 11.8 Å². The number of nitrogens with zero attached hydrogens (tertiary/aromatic N) is 2. The van der Waals surface area contributed by atoms with Crippen LogP contribution in [0.15, 0.2) is 65.6 Å². The number of anilines is 2. The van der Waals surface area contributed by atoms with Crippen LogP contribution in [0.1, 0.15) is 27.9 Å². The highest BCUT2D eigenvalue weighted by Crippen LogP contribution is 2.33. The van der Waals surface area contributed by atoms with Crippen LogP contribution in [0.4, 0.5) is 16.2 Å². The van der Waals surface area contributed by atoms with Gasteiger partial charge in [-0.25, -0.2) is 4.79 Å². The Bertz CT molecular complexity index is 1420. The summed E-state index contributed by atoms with van der Waals surface area (Å²) < 4.78 is 0. The Kier molecular flexibility index (Phi) is 9.66. The molecule has 0 radical (unpaired) electrons. The number of benzene rings is 3. The summed E-state index contributed by atoms with van der Waals surface area (Å²) in [5.41, 5.74) is 3.90. The summed E-state index contributed by atoms with van der Waals surface area (Å²) in [6.07, 6.45) is 3.79. The molecule has 2 aromatic carbocycles. The van der Waals surface area contributed by atoms with E-state index in [-0.39, 0.29) is 22.5 Å². The van der Waals surface area contributed by atoms with Gasteiger partial charge in [0.05, 0.1) is 35.0 Å². The average molecular weight is 527 g/mol. The van der Waals surface area contributed by atoms with E-state index >= 15 is 0 Å². The number of carbonyl (C=O) groups is 3. The highest BCUT2D eigenvalue weighted by molar-refractivity contribution is 7.99. The fraction of sp³-hybridized carbons (Fsp3) is 0.172. The molecular formula is C29H26N4O4S. The van der Waals surface area contributed by atoms with Crippen molar-refractivity contribution in [3.05, 3.63) is 77.4 Å². The molecule has 3 N–H and O–H groups in total. The Balaban J connectivity index is 0.000000572. The number of carboxylic acid groups (broad SMARTS) is 1. The second-order valence-corrected chi connectivity index (χ2v) is 9.71. The fourth-order valence-corrected chi connectivity index (χ4v) is 4.46. The van der Waals surface area contributed by atoms with Crippen LogP contribution in [0.3, 0.4) is 0 Å². The third-order valence-electron chi connectivity index (χ3n) is 5.43. The molecule has 2 aliphatic rings. The number of nitrogens with one attached hydrogen (secondary N) is 2. The van der Waals surface area contributed by atoms with Gasteiger partial charge < -0.3 is 15.3 Å². The number of fused-ring (bicyclic) bond motifs is 1. The second kappa shape index (κ2) is 13.1. The first-order chi connectivity index (χ1) is 18.2. The third-order valence-corrected chi connectivity index (χ3v) is 6.39. The lowest BCUT2D eigenvalue weighted by Gasteiger charge is -2.16. The predicted molar refractivity (Wildman–Crippen MR) is 149 cm³/mol. The quantitative estimate of drug-likeness (QED) is 0.119. The molecule has 0 heterocycles. The van der Waals surface area contributed by atoms with Crippen molar-refractivity contribution < 1.29 is 19.5 Å². The van der Waals surface area contributed by atoms with E-state index in [0.29, 0.717) is 5.56 Å². The molecule has 2 aliphatic carbocycles. The molecule has 4 rings (SSSR count). The van der Waals surface area contributed by atoms with E-state index in [0.717, 1.165) is 17.2 Å². The van der Waals surface area contributed by atoms with Crippen LogP contribution in [-0.2, 0) is 4.79 Å². The number of hydrogen-bond acceptors (Lipinski definition) is 6. The summed E-state index contributed by atoms with van der Waals surface area (Å²) in [5.74, 6) is 2.08. The van der Waals surface area contributed by atoms with Gasteiger partial charge >= 0.3 is 6.09 Å². The fourth-order valence-electron chi connectivity index (χ4n) is 3.36. The minimum atomic E-state index is -1.32. The van der Waals surface area contributed by atoms with Crippen molar-refractivity contribution >= 4 is 40.9 Å². The van der Waals surface area contributed by atoms with Gasteiger partial charge in [-0.05, 0) is 49.5 Å². The van der Waals surface area contributed by atoms with Crippen LogP contribution in [0.25, 0.3) is 11.1 Å². The molecule has 38 heavy (non-hydrogen) atoms. The number of hydrogen-bond donors (Lipinski definition) is 3. The molecular weight excluding hydrogens is 500 g/mol. The summed E-state index contributed by atoms with van der Waals surface area (Å²) in [4.78, 5) is 39.0. The van der Waals surface area contributed by atoms with Gasteiger partial charge in [0.1, 0.15) is 0 Å². The Hall–Kier alpha value is -4.57. The number of nitriles is 1. The van der Waals surface area contributed by atoms with Gasteiger partial charge in [-0.3, -0.25) is 14.9 Å². The van der Waals surface area contributed by atoms with Crippen LogP contribution < -0.4 is 10.6 Å². The molecule has 0 fully saturated rings. The van der Waals surface area contributed by atoms with E-state index in [1.165, 1.54) is 35.0 Å². The van der Waals surface area contributed by atoms with E-state index in [1.807, 2.05) is 25.1 Å². The molecule has 0 saturated carbocycles. The lowest BCUT2D eigenvalue weighted by atomic mass is 9.95. The molecule has 0 bridgehead atoms. The topological polar surface area (TPSA) is 123 Å². The van der Waals surface area contributed by atoms with Gasteiger partial charge in [0.25, 0.3) is 0 Å². The van der Waals surface area contributed by atoms with E-state index in [4.69, 9.17) is 11.7 Å². The highest BCUT2D eigenvalue weighted by atomic mass is 32.2. The average Bonchev–Trinajstić information content (AvgIpc) is 2.87. The van der Waals surface area contributed by atoms with Crippen LogP contribution in [0.2, 0.25) is 0 Å². The largest absolute Gasteiger partial charge is 0.465 e. The maximum Gasteiger partial charge on any atom is 0.409 e. The summed E-state index contributed by atoms with van der Waals surface area (Å²) in [6.45, 7) is 0.811. The number of Topliss-reactive ketones (excluding diaryl/α,β-unsaturated/α-hetero) is 1. The summed E-state index contributed by atoms with van der Waals surface area (Å²) in [5, 5.41) is 23.0. The first-order valence-corrected chi connectivity index (χ1v) is 12.5. The first kappa shape index (κ1) is 28.0. The highest BCUT2D eigenvalue weighted by Gasteiger charge is 2.18. The van der Waals surface area contributed by atoms with Gasteiger partial charge in [-0.2, -0.15) is 5.26 Å². The molecule has 0 atom stereocenters. The minimum absolute atomic E-state index is 0.107. The van der Waals surface area contributed by atoms with Gasteiger partial charge in [0, 0.05) is 22.8 Å². The molecule has 0 unspecified atom stereocenters. The lowest BCUT2D eigenvalue weighted by molar-refractivity contribution is -0.115. The SMILES string of the molecule is C#Cc1cc(SCCN(C)C)cc(NC(=O)O)c1NC(=O)CC(=O)c1cccc(C#N)c1.c1cc2ccc1-2. The van der Waals surface area contributed by atoms with Crippen molar-refractivity contribution in [3.8, 4) is 29.5 Å². The van der Waals surface area contributed by atoms with Crippen LogP contribution in [0, 0.1) is 23.7 Å². The Morgan fingerprint density at radius 3 is 2.24 bits per heavy atom. The third kappa shape index (κ3) is 7.71. The molecule has 9 heteroatoms. The zero-order chi connectivity index (χ0) is 27.7. The molecule has 2 amide bonds. The standard InChI is InChI=1S/C23H22N4O4S.C6H4/c1-4-16-11-18(32-9-8-27(2)3)12-19(25-23(30)31)22(16)26-21(29)13-20(28)17-7-5-6-15(10-17)14-24;1-2-6-4-3-5(1)6/h1,5-7,10-12,25H,8-9,13H2,2-3H3,(H,26,29)(H,30,31);1-4H. The molecule has 0 aliphatic heterocycles. The van der Waals surface area contributed by atoms with Crippen molar-refractivity contribution in [2.24, 2.45) is 0 Å². The van der Waals surface area contributed by atoms with Gasteiger partial charge in [0.15, 0.2) is 5.78 Å². The van der Waals surface area contributed by atoms with Crippen molar-refractivity contribution in [3.63, 3.8) is 0 Å². The number of carbonyl (C=O) groups excluding carboxylic acids is 2.